The van der Waals surface area contributed by atoms with Gasteiger partial charge < -0.3 is 24.4 Å². The second kappa shape index (κ2) is 14.1. The van der Waals surface area contributed by atoms with E-state index in [2.05, 4.69) is 24.4 Å². The van der Waals surface area contributed by atoms with E-state index in [1.165, 1.54) is 22.8 Å². The van der Waals surface area contributed by atoms with Crippen molar-refractivity contribution in [1.29, 1.82) is 0 Å². The third-order valence-electron chi connectivity index (χ3n) is 8.71. The Morgan fingerprint density at radius 2 is 1.41 bits per heavy atom. The number of halogens is 2. The molecule has 274 valence electrons. The number of carbonyl (C=O) groups excluding carboxylic acids is 1. The number of hydrogen-bond acceptors (Lipinski definition) is 12. The number of aromatic nitrogens is 4. The van der Waals surface area contributed by atoms with Gasteiger partial charge in [-0.05, 0) is 45.7 Å². The van der Waals surface area contributed by atoms with Gasteiger partial charge in [0, 0.05) is 37.8 Å². The van der Waals surface area contributed by atoms with Gasteiger partial charge >= 0.3 is 6.09 Å². The van der Waals surface area contributed by atoms with Crippen molar-refractivity contribution in [3.63, 3.8) is 0 Å². The fourth-order valence-corrected chi connectivity index (χ4v) is 7.30. The lowest BCUT2D eigenvalue weighted by Crippen LogP contribution is -2.48. The molecule has 0 radical (unpaired) electrons. The van der Waals surface area contributed by atoms with Crippen LogP contribution in [0.4, 0.5) is 13.6 Å². The Morgan fingerprint density at radius 1 is 0.902 bits per heavy atom. The number of alkyl carbamates (subject to hydrolysis) is 1. The van der Waals surface area contributed by atoms with Gasteiger partial charge in [0.05, 0.1) is 48.4 Å². The Labute approximate surface area is 291 Å². The molecule has 0 saturated carbocycles. The maximum Gasteiger partial charge on any atom is 0.407 e. The monoisotopic (exact) mass is 732 g/mol. The van der Waals surface area contributed by atoms with Crippen molar-refractivity contribution in [2.75, 3.05) is 45.7 Å². The Bertz CT molecular complexity index is 2200. The minimum Gasteiger partial charge on any atom is -0.486 e. The molecular formula is C33H38F2N6O9S. The van der Waals surface area contributed by atoms with Gasteiger partial charge in [-0.2, -0.15) is 8.42 Å². The van der Waals surface area contributed by atoms with Gasteiger partial charge in [-0.15, -0.1) is 0 Å². The first-order chi connectivity index (χ1) is 24.1. The Kier molecular flexibility index (Phi) is 10.0. The van der Waals surface area contributed by atoms with Crippen LogP contribution in [0.2, 0.25) is 0 Å². The summed E-state index contributed by atoms with van der Waals surface area (Å²) in [6.07, 6.45) is 3.30. The maximum absolute atomic E-state index is 14.1. The molecule has 4 aromatic heterocycles. The molecule has 0 aromatic carbocycles. The molecule has 3 aliphatic heterocycles. The fraction of sp³-hybridized carbons (Fsp3) is 0.485. The highest BCUT2D eigenvalue weighted by molar-refractivity contribution is 7.86. The molecule has 7 rings (SSSR count). The summed E-state index contributed by atoms with van der Waals surface area (Å²) in [5.41, 5.74) is 0.304. The molecule has 0 bridgehead atoms. The molecule has 1 amide bonds. The number of hydrogen-bond donors (Lipinski definition) is 1. The normalized spacial score (nSPS) is 19.1. The lowest BCUT2D eigenvalue weighted by molar-refractivity contribution is 0.0473. The van der Waals surface area contributed by atoms with Gasteiger partial charge in [-0.1, -0.05) is 0 Å². The number of pyridine rings is 4. The summed E-state index contributed by atoms with van der Waals surface area (Å²) < 4.78 is 74.6. The molecule has 15 nitrogen and oxygen atoms in total. The lowest BCUT2D eigenvalue weighted by Gasteiger charge is -2.36. The van der Waals surface area contributed by atoms with E-state index in [1.54, 1.807) is 10.6 Å². The molecule has 51 heavy (non-hydrogen) atoms. The van der Waals surface area contributed by atoms with Gasteiger partial charge in [-0.3, -0.25) is 32.9 Å². The molecule has 2 atom stereocenters. The van der Waals surface area contributed by atoms with Crippen LogP contribution in [0.3, 0.4) is 0 Å². The van der Waals surface area contributed by atoms with Gasteiger partial charge in [0.15, 0.2) is 23.1 Å². The minimum atomic E-state index is -3.80. The molecule has 3 aliphatic rings. The third kappa shape index (κ3) is 7.82. The quantitative estimate of drug-likeness (QED) is 0.288. The average molecular weight is 733 g/mol. The number of nitrogens with zero attached hydrogens (tertiary/aromatic N) is 5. The van der Waals surface area contributed by atoms with E-state index in [0.29, 0.717) is 23.1 Å². The van der Waals surface area contributed by atoms with Crippen molar-refractivity contribution in [3.05, 3.63) is 69.0 Å². The van der Waals surface area contributed by atoms with E-state index < -0.39 is 50.8 Å². The first kappa shape index (κ1) is 36.1. The molecule has 0 aliphatic carbocycles. The highest BCUT2D eigenvalue weighted by Crippen LogP contribution is 2.34. The summed E-state index contributed by atoms with van der Waals surface area (Å²) in [6, 6.07) is 4.78. The number of amides is 1. The number of likely N-dealkylation sites (tertiary alicyclic amines) is 1. The maximum atomic E-state index is 14.1. The summed E-state index contributed by atoms with van der Waals surface area (Å²) in [7, 11) is -2.76. The average Bonchev–Trinajstić information content (AvgIpc) is 3.07. The second-order valence-electron chi connectivity index (χ2n) is 13.5. The Morgan fingerprint density at radius 3 is 1.92 bits per heavy atom. The van der Waals surface area contributed by atoms with Crippen LogP contribution in [-0.4, -0.2) is 95.9 Å². The summed E-state index contributed by atoms with van der Waals surface area (Å²) in [6.45, 7) is 7.75. The first-order valence-electron chi connectivity index (χ1n) is 16.3. The molecule has 1 N–H and O–H groups in total. The van der Waals surface area contributed by atoms with Crippen molar-refractivity contribution in [3.8, 4) is 11.5 Å². The standard InChI is InChI=1S/C21H27FN4O4.C12H11FN2O5S/c1-21(2,3)30-20(28)24-13-6-8-25(9-7-13)11-14-12-29-19-15(22)10-23-16-4-5-17(27)26(14)18(16)19;1-19-21(17,18)6-7-5-20-12-8(13)4-14-9-2-3-10(16)15(7)11(9)12/h4-5,10,13-14H,6-9,11-12H2,1-3H3,(H,24,28);2-4,7H,5-6H2,1H3/t14-;7-/m01/s1. The van der Waals surface area contributed by atoms with Crippen LogP contribution in [-0.2, 0) is 19.0 Å². The van der Waals surface area contributed by atoms with Crippen LogP contribution >= 0.6 is 0 Å². The topological polar surface area (TPSA) is 173 Å². The number of carbonyl (C=O) groups is 1. The zero-order chi connectivity index (χ0) is 36.7. The van der Waals surface area contributed by atoms with E-state index in [1.807, 2.05) is 20.8 Å². The van der Waals surface area contributed by atoms with E-state index in [9.17, 15) is 31.6 Å². The smallest absolute Gasteiger partial charge is 0.407 e. The van der Waals surface area contributed by atoms with E-state index in [0.717, 1.165) is 45.4 Å². The van der Waals surface area contributed by atoms with Gasteiger partial charge in [0.2, 0.25) is 0 Å². The fourth-order valence-electron chi connectivity index (χ4n) is 6.44. The van der Waals surface area contributed by atoms with E-state index in [4.69, 9.17) is 14.2 Å². The SMILES string of the molecule is CC(C)(C)OC(=O)NC1CCN(C[C@H]2COc3c(F)cnc4ccc(=O)n2c34)CC1.COS(=O)(=O)C[C@H]1COc2c(F)cnc3ccc(=O)n1c23. The largest absolute Gasteiger partial charge is 0.486 e. The summed E-state index contributed by atoms with van der Waals surface area (Å²) in [4.78, 5) is 46.8. The second-order valence-corrected chi connectivity index (χ2v) is 15.2. The van der Waals surface area contributed by atoms with Crippen LogP contribution in [0, 0.1) is 11.6 Å². The molecular weight excluding hydrogens is 694 g/mol. The van der Waals surface area contributed by atoms with Gasteiger partial charge in [0.1, 0.15) is 29.8 Å². The van der Waals surface area contributed by atoms with Crippen LogP contribution in [0.25, 0.3) is 22.1 Å². The molecule has 1 fully saturated rings. The number of nitrogens with one attached hydrogen (secondary N) is 1. The van der Waals surface area contributed by atoms with Crippen molar-refractivity contribution in [1.82, 2.24) is 29.3 Å². The summed E-state index contributed by atoms with van der Waals surface area (Å²) in [5, 5.41) is 2.93. The van der Waals surface area contributed by atoms with Crippen LogP contribution in [0.5, 0.6) is 11.5 Å². The number of rotatable bonds is 6. The first-order valence-corrected chi connectivity index (χ1v) is 17.9. The molecule has 18 heteroatoms. The predicted molar refractivity (Wildman–Crippen MR) is 181 cm³/mol. The molecule has 7 heterocycles. The van der Waals surface area contributed by atoms with Crippen molar-refractivity contribution in [2.24, 2.45) is 0 Å². The minimum absolute atomic E-state index is 0.0592. The number of piperidine rings is 1. The highest BCUT2D eigenvalue weighted by Gasteiger charge is 2.32. The van der Waals surface area contributed by atoms with Gasteiger partial charge in [-0.25, -0.2) is 13.6 Å². The predicted octanol–water partition coefficient (Wildman–Crippen LogP) is 2.90. The zero-order valence-electron chi connectivity index (χ0n) is 28.4. The van der Waals surface area contributed by atoms with Crippen molar-refractivity contribution >= 4 is 38.3 Å². The molecule has 0 spiro atoms. The number of ether oxygens (including phenoxy) is 3. The zero-order valence-corrected chi connectivity index (χ0v) is 29.2. The van der Waals surface area contributed by atoms with Crippen LogP contribution < -0.4 is 25.9 Å². The third-order valence-corrected chi connectivity index (χ3v) is 10.0. The molecule has 0 unspecified atom stereocenters. The summed E-state index contributed by atoms with van der Waals surface area (Å²) >= 11 is 0. The van der Waals surface area contributed by atoms with Crippen molar-refractivity contribution in [2.45, 2.75) is 57.3 Å². The van der Waals surface area contributed by atoms with E-state index in [-0.39, 0.29) is 47.9 Å². The molecule has 4 aromatic rings. The Hall–Kier alpha value is -4.68. The lowest BCUT2D eigenvalue weighted by atomic mass is 10.0. The van der Waals surface area contributed by atoms with Crippen LogP contribution in [0.15, 0.2) is 46.2 Å². The van der Waals surface area contributed by atoms with Crippen molar-refractivity contribution < 1.29 is 40.4 Å². The van der Waals surface area contributed by atoms with E-state index >= 15 is 0 Å². The van der Waals surface area contributed by atoms with Crippen LogP contribution in [0.1, 0.15) is 45.7 Å². The summed E-state index contributed by atoms with van der Waals surface area (Å²) in [5.74, 6) is -1.71. The Balaban J connectivity index is 0.000000187. The highest BCUT2D eigenvalue weighted by atomic mass is 32.2. The van der Waals surface area contributed by atoms with Gasteiger partial charge in [0.25, 0.3) is 21.2 Å². The molecule has 1 saturated heterocycles.